The first-order chi connectivity index (χ1) is 6.51. The molecule has 14 heavy (non-hydrogen) atoms. The van der Waals surface area contributed by atoms with Gasteiger partial charge in [-0.15, -0.1) is 0 Å². The van der Waals surface area contributed by atoms with Gasteiger partial charge in [0.25, 0.3) is 0 Å². The van der Waals surface area contributed by atoms with Crippen LogP contribution in [0.15, 0.2) is 24.3 Å². The molecule has 0 amide bonds. The molecule has 0 radical (unpaired) electrons. The summed E-state index contributed by atoms with van der Waals surface area (Å²) in [5.41, 5.74) is 6.84. The van der Waals surface area contributed by atoms with Gasteiger partial charge in [0.15, 0.2) is 0 Å². The Kier molecular flexibility index (Phi) is 3.53. The van der Waals surface area contributed by atoms with Gasteiger partial charge in [0.2, 0.25) is 0 Å². The van der Waals surface area contributed by atoms with Crippen molar-refractivity contribution in [3.8, 4) is 5.75 Å². The smallest absolute Gasteiger partial charge is 0.119 e. The van der Waals surface area contributed by atoms with Crippen LogP contribution in [0.25, 0.3) is 0 Å². The summed E-state index contributed by atoms with van der Waals surface area (Å²) in [7, 11) is 0. The molecule has 0 aliphatic rings. The van der Waals surface area contributed by atoms with Crippen molar-refractivity contribution in [2.75, 3.05) is 6.61 Å². The normalized spacial score (nSPS) is 11.4. The molecule has 2 heteroatoms. The molecule has 0 heterocycles. The molecule has 0 aromatic heterocycles. The van der Waals surface area contributed by atoms with Gasteiger partial charge in [0.1, 0.15) is 5.75 Å². The molecular formula is C12H19NO. The van der Waals surface area contributed by atoms with Crippen molar-refractivity contribution in [2.45, 2.75) is 27.3 Å². The van der Waals surface area contributed by atoms with E-state index in [2.05, 4.69) is 20.8 Å². The standard InChI is InChI=1S/C12H19NO/c1-12(2,3)9-14-11-6-4-10(8-13)5-7-11/h4-7H,8-9,13H2,1-3H3. The highest BCUT2D eigenvalue weighted by atomic mass is 16.5. The maximum absolute atomic E-state index is 5.63. The summed E-state index contributed by atoms with van der Waals surface area (Å²) in [6.07, 6.45) is 0. The first-order valence-corrected chi connectivity index (χ1v) is 4.93. The van der Waals surface area contributed by atoms with Crippen LogP contribution in [0.3, 0.4) is 0 Å². The van der Waals surface area contributed by atoms with Gasteiger partial charge in [-0.05, 0) is 23.1 Å². The van der Waals surface area contributed by atoms with Crippen molar-refractivity contribution in [3.63, 3.8) is 0 Å². The Hall–Kier alpha value is -1.02. The fourth-order valence-electron chi connectivity index (χ4n) is 1.02. The average Bonchev–Trinajstić information content (AvgIpc) is 2.14. The van der Waals surface area contributed by atoms with Crippen LogP contribution < -0.4 is 10.5 Å². The zero-order chi connectivity index (χ0) is 10.6. The van der Waals surface area contributed by atoms with E-state index in [4.69, 9.17) is 10.5 Å². The van der Waals surface area contributed by atoms with Crippen LogP contribution in [-0.2, 0) is 6.54 Å². The van der Waals surface area contributed by atoms with Gasteiger partial charge in [0, 0.05) is 6.54 Å². The van der Waals surface area contributed by atoms with Crippen molar-refractivity contribution in [3.05, 3.63) is 29.8 Å². The lowest BCUT2D eigenvalue weighted by molar-refractivity contribution is 0.198. The minimum Gasteiger partial charge on any atom is -0.493 e. The van der Waals surface area contributed by atoms with Crippen LogP contribution in [0.4, 0.5) is 0 Å². The molecule has 1 aromatic carbocycles. The largest absolute Gasteiger partial charge is 0.493 e. The molecule has 0 aliphatic heterocycles. The Morgan fingerprint density at radius 3 is 2.14 bits per heavy atom. The molecule has 0 spiro atoms. The van der Waals surface area contributed by atoms with Gasteiger partial charge >= 0.3 is 0 Å². The molecule has 78 valence electrons. The molecule has 2 nitrogen and oxygen atoms in total. The van der Waals surface area contributed by atoms with E-state index >= 15 is 0 Å². The highest BCUT2D eigenvalue weighted by Crippen LogP contribution is 2.17. The Morgan fingerprint density at radius 1 is 1.14 bits per heavy atom. The van der Waals surface area contributed by atoms with Crippen LogP contribution in [0.1, 0.15) is 26.3 Å². The van der Waals surface area contributed by atoms with E-state index < -0.39 is 0 Å². The van der Waals surface area contributed by atoms with E-state index in [1.165, 1.54) is 0 Å². The van der Waals surface area contributed by atoms with Crippen molar-refractivity contribution in [2.24, 2.45) is 11.1 Å². The molecule has 0 saturated carbocycles. The fraction of sp³-hybridized carbons (Fsp3) is 0.500. The molecule has 0 atom stereocenters. The maximum atomic E-state index is 5.63. The lowest BCUT2D eigenvalue weighted by atomic mass is 9.99. The molecule has 0 bridgehead atoms. The third kappa shape index (κ3) is 3.79. The van der Waals surface area contributed by atoms with E-state index in [9.17, 15) is 0 Å². The minimum atomic E-state index is 0.201. The Morgan fingerprint density at radius 2 is 1.71 bits per heavy atom. The van der Waals surface area contributed by atoms with E-state index in [0.717, 1.165) is 17.9 Å². The third-order valence-corrected chi connectivity index (χ3v) is 1.83. The van der Waals surface area contributed by atoms with Gasteiger partial charge in [-0.2, -0.15) is 0 Å². The van der Waals surface area contributed by atoms with Crippen LogP contribution in [-0.4, -0.2) is 6.61 Å². The van der Waals surface area contributed by atoms with Crippen molar-refractivity contribution >= 4 is 0 Å². The highest BCUT2D eigenvalue weighted by molar-refractivity contribution is 5.27. The summed E-state index contributed by atoms with van der Waals surface area (Å²) in [6.45, 7) is 7.78. The Balaban J connectivity index is 2.52. The van der Waals surface area contributed by atoms with Gasteiger partial charge in [-0.1, -0.05) is 32.9 Å². The highest BCUT2D eigenvalue weighted by Gasteiger charge is 2.10. The molecule has 1 aromatic rings. The number of nitrogens with two attached hydrogens (primary N) is 1. The van der Waals surface area contributed by atoms with E-state index in [1.54, 1.807) is 0 Å². The van der Waals surface area contributed by atoms with Gasteiger partial charge in [0.05, 0.1) is 6.61 Å². The molecule has 0 fully saturated rings. The Bertz CT molecular complexity index is 271. The summed E-state index contributed by atoms with van der Waals surface area (Å²) in [4.78, 5) is 0. The lowest BCUT2D eigenvalue weighted by Crippen LogP contribution is -2.16. The molecule has 1 rings (SSSR count). The zero-order valence-corrected chi connectivity index (χ0v) is 9.21. The lowest BCUT2D eigenvalue weighted by Gasteiger charge is -2.18. The summed E-state index contributed by atoms with van der Waals surface area (Å²) in [5, 5.41) is 0. The maximum Gasteiger partial charge on any atom is 0.119 e. The second-order valence-corrected chi connectivity index (χ2v) is 4.70. The van der Waals surface area contributed by atoms with Crippen LogP contribution in [0.2, 0.25) is 0 Å². The van der Waals surface area contributed by atoms with Gasteiger partial charge in [-0.25, -0.2) is 0 Å². The van der Waals surface area contributed by atoms with Gasteiger partial charge < -0.3 is 10.5 Å². The number of ether oxygens (including phenoxy) is 1. The second kappa shape index (κ2) is 4.47. The van der Waals surface area contributed by atoms with E-state index in [0.29, 0.717) is 6.54 Å². The monoisotopic (exact) mass is 193 g/mol. The molecule has 0 saturated heterocycles. The molecule has 2 N–H and O–H groups in total. The topological polar surface area (TPSA) is 35.2 Å². The van der Waals surface area contributed by atoms with E-state index in [-0.39, 0.29) is 5.41 Å². The van der Waals surface area contributed by atoms with E-state index in [1.807, 2.05) is 24.3 Å². The summed E-state index contributed by atoms with van der Waals surface area (Å²) >= 11 is 0. The second-order valence-electron chi connectivity index (χ2n) is 4.70. The predicted octanol–water partition coefficient (Wildman–Crippen LogP) is 2.57. The fourth-order valence-corrected chi connectivity index (χ4v) is 1.02. The molecule has 0 unspecified atom stereocenters. The van der Waals surface area contributed by atoms with Gasteiger partial charge in [-0.3, -0.25) is 0 Å². The molecular weight excluding hydrogens is 174 g/mol. The minimum absolute atomic E-state index is 0.201. The van der Waals surface area contributed by atoms with Crippen LogP contribution >= 0.6 is 0 Å². The molecule has 0 aliphatic carbocycles. The number of hydrogen-bond acceptors (Lipinski definition) is 2. The number of benzene rings is 1. The number of hydrogen-bond donors (Lipinski definition) is 1. The summed E-state index contributed by atoms with van der Waals surface area (Å²) in [6, 6.07) is 7.93. The SMILES string of the molecule is CC(C)(C)COc1ccc(CN)cc1. The van der Waals surface area contributed by atoms with Crippen LogP contribution in [0.5, 0.6) is 5.75 Å². The average molecular weight is 193 g/mol. The third-order valence-electron chi connectivity index (χ3n) is 1.83. The van der Waals surface area contributed by atoms with Crippen molar-refractivity contribution < 1.29 is 4.74 Å². The summed E-state index contributed by atoms with van der Waals surface area (Å²) < 4.78 is 5.63. The van der Waals surface area contributed by atoms with Crippen molar-refractivity contribution in [1.82, 2.24) is 0 Å². The van der Waals surface area contributed by atoms with Crippen molar-refractivity contribution in [1.29, 1.82) is 0 Å². The summed E-state index contributed by atoms with van der Waals surface area (Å²) in [5.74, 6) is 0.914. The zero-order valence-electron chi connectivity index (χ0n) is 9.21. The Labute approximate surface area is 86.1 Å². The predicted molar refractivity (Wildman–Crippen MR) is 59.3 cm³/mol. The number of rotatable bonds is 3. The quantitative estimate of drug-likeness (QED) is 0.800. The first-order valence-electron chi connectivity index (χ1n) is 4.93. The first kappa shape index (κ1) is 11.1. The van der Waals surface area contributed by atoms with Crippen LogP contribution in [0, 0.1) is 5.41 Å².